The van der Waals surface area contributed by atoms with Gasteiger partial charge < -0.3 is 9.84 Å². The van der Waals surface area contributed by atoms with Gasteiger partial charge in [0.1, 0.15) is 0 Å². The average molecular weight is 270 g/mol. The zero-order chi connectivity index (χ0) is 14.5. The normalized spacial score (nSPS) is 10.7. The lowest BCUT2D eigenvalue weighted by Crippen LogP contribution is -1.88. The van der Waals surface area contributed by atoms with Gasteiger partial charge in [-0.1, -0.05) is 17.7 Å². The first-order valence-electron chi connectivity index (χ1n) is 5.98. The van der Waals surface area contributed by atoms with E-state index in [1.807, 2.05) is 31.2 Å². The fourth-order valence-corrected chi connectivity index (χ4v) is 1.64. The summed E-state index contributed by atoms with van der Waals surface area (Å²) in [5, 5.41) is 17.8. The summed E-state index contributed by atoms with van der Waals surface area (Å²) in [4.78, 5) is 10.9. The molecule has 0 saturated carbocycles. The molecule has 0 aliphatic carbocycles. The number of nitrogens with zero attached hydrogens (tertiary/aromatic N) is 2. The number of aromatic hydroxyl groups is 1. The second-order valence-corrected chi connectivity index (χ2v) is 4.24. The highest BCUT2D eigenvalue weighted by Crippen LogP contribution is 2.34. The number of phenols is 1. The smallest absolute Gasteiger partial charge is 0.168 e. The minimum Gasteiger partial charge on any atom is -0.504 e. The van der Waals surface area contributed by atoms with Crippen LogP contribution in [0.15, 0.2) is 46.6 Å². The summed E-state index contributed by atoms with van der Waals surface area (Å²) < 4.78 is 4.99. The topological polar surface area (TPSA) is 71.2 Å². The maximum atomic E-state index is 10.9. The number of aldehydes is 1. The molecule has 5 heteroatoms. The number of methoxy groups -OCH3 is 1. The Morgan fingerprint density at radius 3 is 2.35 bits per heavy atom. The van der Waals surface area contributed by atoms with Crippen LogP contribution in [0.2, 0.25) is 0 Å². The highest BCUT2D eigenvalue weighted by Gasteiger charge is 2.09. The maximum absolute atomic E-state index is 10.9. The van der Waals surface area contributed by atoms with E-state index in [1.165, 1.54) is 19.2 Å². The Balaban J connectivity index is 2.33. The van der Waals surface area contributed by atoms with Crippen molar-refractivity contribution < 1.29 is 14.6 Å². The molecule has 1 N–H and O–H groups in total. The first-order valence-corrected chi connectivity index (χ1v) is 5.98. The largest absolute Gasteiger partial charge is 0.504 e. The zero-order valence-corrected chi connectivity index (χ0v) is 11.2. The number of rotatable bonds is 4. The van der Waals surface area contributed by atoms with Crippen LogP contribution in [0.5, 0.6) is 11.5 Å². The maximum Gasteiger partial charge on any atom is 0.168 e. The van der Waals surface area contributed by atoms with Crippen LogP contribution in [0, 0.1) is 6.92 Å². The number of phenolic OH excluding ortho intramolecular Hbond substituents is 1. The van der Waals surface area contributed by atoms with Crippen LogP contribution in [0.3, 0.4) is 0 Å². The fraction of sp³-hybridized carbons (Fsp3) is 0.133. The van der Waals surface area contributed by atoms with E-state index >= 15 is 0 Å². The number of carbonyl (C=O) groups excluding carboxylic acids is 1. The molecule has 20 heavy (non-hydrogen) atoms. The number of hydrogen-bond donors (Lipinski definition) is 1. The third-order valence-electron chi connectivity index (χ3n) is 2.75. The Kier molecular flexibility index (Phi) is 4.10. The summed E-state index contributed by atoms with van der Waals surface area (Å²) in [5.74, 6) is -0.00996. The van der Waals surface area contributed by atoms with Gasteiger partial charge in [-0.25, -0.2) is 0 Å². The van der Waals surface area contributed by atoms with Gasteiger partial charge in [-0.3, -0.25) is 4.79 Å². The highest BCUT2D eigenvalue weighted by molar-refractivity contribution is 5.83. The molecule has 0 fully saturated rings. The van der Waals surface area contributed by atoms with Crippen LogP contribution >= 0.6 is 0 Å². The molecule has 2 aromatic carbocycles. The molecule has 0 bridgehead atoms. The molecule has 0 radical (unpaired) electrons. The van der Waals surface area contributed by atoms with Gasteiger partial charge in [0.15, 0.2) is 17.8 Å². The number of ether oxygens (including phenoxy) is 1. The van der Waals surface area contributed by atoms with Gasteiger partial charge in [-0.05, 0) is 25.1 Å². The molecule has 0 heterocycles. The lowest BCUT2D eigenvalue weighted by atomic mass is 10.2. The molecule has 5 nitrogen and oxygen atoms in total. The van der Waals surface area contributed by atoms with Crippen molar-refractivity contribution >= 4 is 17.7 Å². The van der Waals surface area contributed by atoms with Crippen LogP contribution in [0.4, 0.5) is 11.4 Å². The molecule has 0 saturated heterocycles. The van der Waals surface area contributed by atoms with Crippen molar-refractivity contribution in [3.05, 3.63) is 47.5 Å². The predicted octanol–water partition coefficient (Wildman–Crippen LogP) is 3.94. The van der Waals surface area contributed by atoms with Crippen molar-refractivity contribution in [2.45, 2.75) is 6.92 Å². The highest BCUT2D eigenvalue weighted by atomic mass is 16.5. The predicted molar refractivity (Wildman–Crippen MR) is 75.4 cm³/mol. The minimum atomic E-state index is -0.197. The molecule has 0 atom stereocenters. The fourth-order valence-electron chi connectivity index (χ4n) is 1.64. The van der Waals surface area contributed by atoms with Crippen LogP contribution in [-0.4, -0.2) is 18.5 Å². The minimum absolute atomic E-state index is 0.113. The van der Waals surface area contributed by atoms with E-state index in [0.29, 0.717) is 17.7 Å². The van der Waals surface area contributed by atoms with Crippen molar-refractivity contribution in [2.24, 2.45) is 10.2 Å². The van der Waals surface area contributed by atoms with Crippen molar-refractivity contribution in [2.75, 3.05) is 7.11 Å². The van der Waals surface area contributed by atoms with E-state index in [1.54, 1.807) is 0 Å². The first kappa shape index (κ1) is 13.7. The average Bonchev–Trinajstić information content (AvgIpc) is 2.47. The summed E-state index contributed by atoms with van der Waals surface area (Å²) in [6.07, 6.45) is 0.544. The van der Waals surface area contributed by atoms with E-state index in [2.05, 4.69) is 10.2 Å². The molecule has 0 spiro atoms. The van der Waals surface area contributed by atoms with E-state index in [4.69, 9.17) is 4.74 Å². The first-order chi connectivity index (χ1) is 9.63. The van der Waals surface area contributed by atoms with E-state index < -0.39 is 0 Å². The van der Waals surface area contributed by atoms with Gasteiger partial charge in [-0.15, -0.1) is 0 Å². The number of benzene rings is 2. The SMILES string of the molecule is COc1cc(N=Nc2ccc(C)cc2)cc(C=O)c1O. The van der Waals surface area contributed by atoms with Gasteiger partial charge >= 0.3 is 0 Å². The molecular weight excluding hydrogens is 256 g/mol. The molecule has 0 aliphatic rings. The molecule has 0 unspecified atom stereocenters. The molecule has 0 aromatic heterocycles. The lowest BCUT2D eigenvalue weighted by Gasteiger charge is -2.05. The number of azo groups is 1. The third kappa shape index (κ3) is 3.00. The lowest BCUT2D eigenvalue weighted by molar-refractivity contribution is 0.112. The Labute approximate surface area is 116 Å². The van der Waals surface area contributed by atoms with E-state index in [9.17, 15) is 9.90 Å². The molecule has 102 valence electrons. The number of aryl methyl sites for hydroxylation is 1. The molecule has 2 aromatic rings. The van der Waals surface area contributed by atoms with Crippen molar-refractivity contribution in [3.8, 4) is 11.5 Å². The quantitative estimate of drug-likeness (QED) is 0.675. The van der Waals surface area contributed by atoms with Gasteiger partial charge in [-0.2, -0.15) is 10.2 Å². The van der Waals surface area contributed by atoms with Gasteiger partial charge in [0.2, 0.25) is 0 Å². The summed E-state index contributed by atoms with van der Waals surface area (Å²) in [7, 11) is 1.41. The van der Waals surface area contributed by atoms with Crippen LogP contribution in [0.25, 0.3) is 0 Å². The van der Waals surface area contributed by atoms with Crippen molar-refractivity contribution in [3.63, 3.8) is 0 Å². The third-order valence-corrected chi connectivity index (χ3v) is 2.75. The Morgan fingerprint density at radius 2 is 1.75 bits per heavy atom. The van der Waals surface area contributed by atoms with Crippen LogP contribution < -0.4 is 4.74 Å². The summed E-state index contributed by atoms with van der Waals surface area (Å²) in [6.45, 7) is 1.99. The summed E-state index contributed by atoms with van der Waals surface area (Å²) >= 11 is 0. The second-order valence-electron chi connectivity index (χ2n) is 4.24. The van der Waals surface area contributed by atoms with E-state index in [-0.39, 0.29) is 17.1 Å². The van der Waals surface area contributed by atoms with Crippen molar-refractivity contribution in [1.82, 2.24) is 0 Å². The van der Waals surface area contributed by atoms with Gasteiger partial charge in [0.25, 0.3) is 0 Å². The second kappa shape index (κ2) is 5.97. The van der Waals surface area contributed by atoms with Crippen LogP contribution in [-0.2, 0) is 0 Å². The van der Waals surface area contributed by atoms with E-state index in [0.717, 1.165) is 5.56 Å². The summed E-state index contributed by atoms with van der Waals surface area (Å²) in [5.41, 5.74) is 2.39. The van der Waals surface area contributed by atoms with Gasteiger partial charge in [0, 0.05) is 6.07 Å². The molecule has 0 aliphatic heterocycles. The monoisotopic (exact) mass is 270 g/mol. The number of carbonyl (C=O) groups is 1. The van der Waals surface area contributed by atoms with Crippen LogP contribution in [0.1, 0.15) is 15.9 Å². The van der Waals surface area contributed by atoms with Crippen molar-refractivity contribution in [1.29, 1.82) is 0 Å². The standard InChI is InChI=1S/C15H14N2O3/c1-10-3-5-12(6-4-10)16-17-13-7-11(9-18)15(19)14(8-13)20-2/h3-9,19H,1-2H3. The Morgan fingerprint density at radius 1 is 1.10 bits per heavy atom. The molecular formula is C15H14N2O3. The zero-order valence-electron chi connectivity index (χ0n) is 11.2. The summed E-state index contributed by atoms with van der Waals surface area (Å²) in [6, 6.07) is 10.5. The Bertz CT molecular complexity index is 649. The Hall–Kier alpha value is -2.69. The number of hydrogen-bond acceptors (Lipinski definition) is 5. The molecule has 2 rings (SSSR count). The van der Waals surface area contributed by atoms with Gasteiger partial charge in [0.05, 0.1) is 24.0 Å². The molecule has 0 amide bonds.